The first-order valence-corrected chi connectivity index (χ1v) is 6.09. The summed E-state index contributed by atoms with van der Waals surface area (Å²) in [4.78, 5) is 0.857. The number of thiophene rings is 1. The van der Waals surface area contributed by atoms with Gasteiger partial charge in [0.1, 0.15) is 0 Å². The Morgan fingerprint density at radius 1 is 1.19 bits per heavy atom. The zero-order valence-electron chi connectivity index (χ0n) is 8.13. The molecular weight excluding hydrogens is 265 g/mol. The fourth-order valence-corrected chi connectivity index (χ4v) is 2.38. The number of aliphatic hydroxyl groups is 1. The van der Waals surface area contributed by atoms with Gasteiger partial charge in [-0.3, -0.25) is 0 Å². The van der Waals surface area contributed by atoms with Crippen molar-refractivity contribution in [2.45, 2.75) is 6.61 Å². The first kappa shape index (κ1) is 11.7. The third-order valence-electron chi connectivity index (χ3n) is 1.89. The Kier molecular flexibility index (Phi) is 3.71. The summed E-state index contributed by atoms with van der Waals surface area (Å²) in [6.07, 6.45) is 0. The first-order valence-electron chi connectivity index (χ1n) is 4.52. The van der Waals surface area contributed by atoms with E-state index in [1.165, 1.54) is 11.3 Å². The third-order valence-corrected chi connectivity index (χ3v) is 3.16. The van der Waals surface area contributed by atoms with E-state index in [2.05, 4.69) is 10.7 Å². The van der Waals surface area contributed by atoms with Gasteiger partial charge in [-0.15, -0.1) is 11.3 Å². The Morgan fingerprint density at radius 2 is 1.88 bits per heavy atom. The quantitative estimate of drug-likeness (QED) is 0.882. The van der Waals surface area contributed by atoms with Crippen LogP contribution in [0.15, 0.2) is 24.3 Å². The molecule has 1 radical (unpaired) electrons. The number of nitrogens with one attached hydrogen (secondary N) is 1. The highest BCUT2D eigenvalue weighted by Crippen LogP contribution is 2.27. The molecule has 0 aliphatic heterocycles. The van der Waals surface area contributed by atoms with E-state index < -0.39 is 0 Å². The molecule has 0 atom stereocenters. The Balaban J connectivity index is 2.19. The Morgan fingerprint density at radius 3 is 2.44 bits per heavy atom. The number of anilines is 2. The summed E-state index contributed by atoms with van der Waals surface area (Å²) in [5.74, 6) is 0. The van der Waals surface area contributed by atoms with Crippen LogP contribution in [0.4, 0.5) is 11.4 Å². The summed E-state index contributed by atoms with van der Waals surface area (Å²) >= 11 is 13.1. The van der Waals surface area contributed by atoms with E-state index in [0.29, 0.717) is 10.0 Å². The van der Waals surface area contributed by atoms with Crippen molar-refractivity contribution in [3.8, 4) is 0 Å². The molecule has 0 amide bonds. The molecule has 2 N–H and O–H groups in total. The van der Waals surface area contributed by atoms with Crippen LogP contribution >= 0.6 is 34.5 Å². The van der Waals surface area contributed by atoms with Gasteiger partial charge in [-0.25, -0.2) is 0 Å². The fraction of sp³-hybridized carbons (Fsp3) is 0.0909. The van der Waals surface area contributed by atoms with E-state index in [4.69, 9.17) is 28.3 Å². The van der Waals surface area contributed by atoms with E-state index >= 15 is 0 Å². The van der Waals surface area contributed by atoms with Crippen LogP contribution in [0.5, 0.6) is 0 Å². The molecule has 0 bridgehead atoms. The number of benzene rings is 1. The second-order valence-corrected chi connectivity index (χ2v) is 4.98. The second kappa shape index (κ2) is 5.06. The molecule has 0 aliphatic rings. The monoisotopic (exact) mass is 272 g/mol. The highest BCUT2D eigenvalue weighted by molar-refractivity contribution is 7.09. The molecule has 83 valence electrons. The van der Waals surface area contributed by atoms with Gasteiger partial charge in [-0.1, -0.05) is 23.2 Å². The minimum atomic E-state index is 0.0269. The molecular formula is C11H8Cl2NOS. The van der Waals surface area contributed by atoms with Crippen molar-refractivity contribution in [1.29, 1.82) is 0 Å². The van der Waals surface area contributed by atoms with Crippen LogP contribution in [0.2, 0.25) is 10.0 Å². The molecule has 1 heterocycles. The van der Waals surface area contributed by atoms with E-state index in [0.717, 1.165) is 16.3 Å². The van der Waals surface area contributed by atoms with E-state index in [-0.39, 0.29) is 6.61 Å². The van der Waals surface area contributed by atoms with Gasteiger partial charge in [0.15, 0.2) is 0 Å². The lowest BCUT2D eigenvalue weighted by atomic mass is 10.3. The summed E-state index contributed by atoms with van der Waals surface area (Å²) in [5, 5.41) is 16.2. The maximum Gasteiger partial charge on any atom is 0.0775 e. The van der Waals surface area contributed by atoms with Gasteiger partial charge in [0.05, 0.1) is 17.7 Å². The normalized spacial score (nSPS) is 10.4. The molecule has 1 aromatic heterocycles. The molecule has 0 saturated carbocycles. The summed E-state index contributed by atoms with van der Waals surface area (Å²) in [6, 6.07) is 7.05. The summed E-state index contributed by atoms with van der Waals surface area (Å²) < 4.78 is 0. The number of rotatable bonds is 3. The van der Waals surface area contributed by atoms with Crippen LogP contribution in [-0.4, -0.2) is 5.11 Å². The Labute approximate surface area is 107 Å². The van der Waals surface area contributed by atoms with Gasteiger partial charge >= 0.3 is 0 Å². The highest BCUT2D eigenvalue weighted by Gasteiger charge is 2.02. The molecule has 5 heteroatoms. The van der Waals surface area contributed by atoms with Crippen molar-refractivity contribution >= 4 is 45.9 Å². The van der Waals surface area contributed by atoms with Gasteiger partial charge in [-0.05, 0) is 24.3 Å². The average Bonchev–Trinajstić information content (AvgIpc) is 2.64. The lowest BCUT2D eigenvalue weighted by molar-refractivity contribution is 0.285. The van der Waals surface area contributed by atoms with Gasteiger partial charge in [0, 0.05) is 20.6 Å². The molecule has 0 aliphatic carbocycles. The van der Waals surface area contributed by atoms with Crippen molar-refractivity contribution in [1.82, 2.24) is 0 Å². The molecule has 0 saturated heterocycles. The maximum absolute atomic E-state index is 8.93. The van der Waals surface area contributed by atoms with Crippen molar-refractivity contribution in [2.24, 2.45) is 0 Å². The Hall–Kier alpha value is -0.740. The maximum atomic E-state index is 8.93. The number of hydrogen-bond acceptors (Lipinski definition) is 3. The van der Waals surface area contributed by atoms with Crippen molar-refractivity contribution in [3.05, 3.63) is 44.6 Å². The van der Waals surface area contributed by atoms with Crippen LogP contribution in [0.1, 0.15) is 4.88 Å². The SMILES string of the molecule is OCc1cc(Nc2cc(Cl)cc(Cl)c2)[c]s1. The predicted molar refractivity (Wildman–Crippen MR) is 68.8 cm³/mol. The zero-order valence-corrected chi connectivity index (χ0v) is 10.5. The van der Waals surface area contributed by atoms with Crippen LogP contribution in [0.3, 0.4) is 0 Å². The van der Waals surface area contributed by atoms with Gasteiger partial charge in [-0.2, -0.15) is 0 Å². The minimum absolute atomic E-state index is 0.0269. The van der Waals surface area contributed by atoms with Crippen molar-refractivity contribution < 1.29 is 5.11 Å². The summed E-state index contributed by atoms with van der Waals surface area (Å²) in [5.41, 5.74) is 1.60. The number of hydrogen-bond donors (Lipinski definition) is 2. The lowest BCUT2D eigenvalue weighted by Gasteiger charge is -2.04. The van der Waals surface area contributed by atoms with Crippen molar-refractivity contribution in [3.63, 3.8) is 0 Å². The standard InChI is InChI=1S/C11H8Cl2NOS/c12-7-1-8(13)3-9(2-7)14-10-4-11(5-15)16-6-10/h1-4,14-15H,5H2. The van der Waals surface area contributed by atoms with Crippen LogP contribution < -0.4 is 5.32 Å². The molecule has 0 unspecified atom stereocenters. The zero-order chi connectivity index (χ0) is 11.5. The van der Waals surface area contributed by atoms with E-state index in [1.807, 2.05) is 6.07 Å². The number of halogens is 2. The second-order valence-electron chi connectivity index (χ2n) is 3.17. The lowest BCUT2D eigenvalue weighted by Crippen LogP contribution is -1.88. The average molecular weight is 273 g/mol. The molecule has 2 aromatic rings. The smallest absolute Gasteiger partial charge is 0.0775 e. The van der Waals surface area contributed by atoms with Crippen molar-refractivity contribution in [2.75, 3.05) is 5.32 Å². The van der Waals surface area contributed by atoms with Gasteiger partial charge in [0.2, 0.25) is 0 Å². The van der Waals surface area contributed by atoms with Gasteiger partial charge < -0.3 is 10.4 Å². The predicted octanol–water partition coefficient (Wildman–Crippen LogP) is 4.09. The third kappa shape index (κ3) is 2.89. The van der Waals surface area contributed by atoms with Crippen LogP contribution in [0, 0.1) is 5.38 Å². The first-order chi connectivity index (χ1) is 7.67. The molecule has 1 aromatic carbocycles. The Bertz CT molecular complexity index is 478. The van der Waals surface area contributed by atoms with Crippen LogP contribution in [-0.2, 0) is 6.61 Å². The summed E-state index contributed by atoms with van der Waals surface area (Å²) in [6.45, 7) is 0.0269. The minimum Gasteiger partial charge on any atom is -0.391 e. The summed E-state index contributed by atoms with van der Waals surface area (Å²) in [7, 11) is 0. The fourth-order valence-electron chi connectivity index (χ4n) is 1.26. The largest absolute Gasteiger partial charge is 0.391 e. The van der Waals surface area contributed by atoms with Crippen LogP contribution in [0.25, 0.3) is 0 Å². The molecule has 2 nitrogen and oxygen atoms in total. The van der Waals surface area contributed by atoms with E-state index in [9.17, 15) is 0 Å². The van der Waals surface area contributed by atoms with E-state index in [1.54, 1.807) is 18.2 Å². The molecule has 0 spiro atoms. The molecule has 16 heavy (non-hydrogen) atoms. The number of aliphatic hydroxyl groups excluding tert-OH is 1. The highest BCUT2D eigenvalue weighted by atomic mass is 35.5. The molecule has 0 fully saturated rings. The van der Waals surface area contributed by atoms with Gasteiger partial charge in [0.25, 0.3) is 0 Å². The molecule has 2 rings (SSSR count). The topological polar surface area (TPSA) is 32.3 Å².